The van der Waals surface area contributed by atoms with Crippen LogP contribution in [0.3, 0.4) is 0 Å². The molecule has 4 N–H and O–H groups in total. The summed E-state index contributed by atoms with van der Waals surface area (Å²) in [6.07, 6.45) is 1.37. The SMILES string of the molecule is CCOC(=O)N1CCC(NC(=NC)NCc2ccc(C(N)=O)o2)CC1.I. The number of amides is 2. The zero-order valence-corrected chi connectivity index (χ0v) is 17.3. The first-order valence-electron chi connectivity index (χ1n) is 8.30. The van der Waals surface area contributed by atoms with Crippen molar-refractivity contribution in [3.63, 3.8) is 0 Å². The number of halogens is 1. The first kappa shape index (κ1) is 22.1. The van der Waals surface area contributed by atoms with E-state index in [1.165, 1.54) is 0 Å². The van der Waals surface area contributed by atoms with Crippen LogP contribution in [0, 0.1) is 0 Å². The molecule has 1 fully saturated rings. The van der Waals surface area contributed by atoms with Crippen LogP contribution < -0.4 is 16.4 Å². The highest BCUT2D eigenvalue weighted by molar-refractivity contribution is 14.0. The lowest BCUT2D eigenvalue weighted by molar-refractivity contribution is 0.0959. The lowest BCUT2D eigenvalue weighted by Crippen LogP contribution is -2.49. The second-order valence-corrected chi connectivity index (χ2v) is 5.66. The second-order valence-electron chi connectivity index (χ2n) is 5.66. The number of aliphatic imine (C=N–C) groups is 1. The number of nitrogens with one attached hydrogen (secondary N) is 2. The highest BCUT2D eigenvalue weighted by Gasteiger charge is 2.24. The number of hydrogen-bond acceptors (Lipinski definition) is 5. The van der Waals surface area contributed by atoms with Gasteiger partial charge in [0.05, 0.1) is 13.2 Å². The van der Waals surface area contributed by atoms with Crippen LogP contribution in [0.2, 0.25) is 0 Å². The number of primary amides is 1. The van der Waals surface area contributed by atoms with E-state index in [2.05, 4.69) is 15.6 Å². The number of hydrogen-bond donors (Lipinski definition) is 3. The maximum atomic E-state index is 11.7. The van der Waals surface area contributed by atoms with Gasteiger partial charge in [-0.15, -0.1) is 24.0 Å². The van der Waals surface area contributed by atoms with Gasteiger partial charge in [-0.1, -0.05) is 0 Å². The van der Waals surface area contributed by atoms with E-state index in [-0.39, 0.29) is 41.9 Å². The Morgan fingerprint density at radius 1 is 1.38 bits per heavy atom. The Morgan fingerprint density at radius 2 is 2.08 bits per heavy atom. The summed E-state index contributed by atoms with van der Waals surface area (Å²) in [5.41, 5.74) is 5.16. The Bertz CT molecular complexity index is 626. The van der Waals surface area contributed by atoms with E-state index in [1.807, 2.05) is 0 Å². The van der Waals surface area contributed by atoms with E-state index in [4.69, 9.17) is 14.9 Å². The number of piperidine rings is 1. The molecule has 0 unspecified atom stereocenters. The van der Waals surface area contributed by atoms with E-state index in [9.17, 15) is 9.59 Å². The molecule has 9 nitrogen and oxygen atoms in total. The third kappa shape index (κ3) is 6.39. The van der Waals surface area contributed by atoms with Crippen LogP contribution in [-0.4, -0.2) is 55.6 Å². The molecule has 1 aliphatic heterocycles. The molecule has 0 radical (unpaired) electrons. The van der Waals surface area contributed by atoms with Crippen molar-refractivity contribution in [1.82, 2.24) is 15.5 Å². The van der Waals surface area contributed by atoms with Gasteiger partial charge in [0.25, 0.3) is 5.91 Å². The van der Waals surface area contributed by atoms with Gasteiger partial charge in [-0.2, -0.15) is 0 Å². The number of ether oxygens (including phenoxy) is 1. The molecule has 1 aliphatic rings. The van der Waals surface area contributed by atoms with Crippen LogP contribution in [-0.2, 0) is 11.3 Å². The molecule has 2 amide bonds. The smallest absolute Gasteiger partial charge is 0.409 e. The van der Waals surface area contributed by atoms with Gasteiger partial charge in [0.1, 0.15) is 5.76 Å². The van der Waals surface area contributed by atoms with Gasteiger partial charge in [0.2, 0.25) is 0 Å². The number of guanidine groups is 1. The fourth-order valence-corrected chi connectivity index (χ4v) is 2.59. The molecule has 2 rings (SSSR count). The number of carbonyl (C=O) groups excluding carboxylic acids is 2. The Kier molecular flexibility index (Phi) is 9.24. The van der Waals surface area contributed by atoms with Gasteiger partial charge in [0, 0.05) is 26.2 Å². The number of rotatable bonds is 5. The van der Waals surface area contributed by atoms with Gasteiger partial charge in [-0.3, -0.25) is 9.79 Å². The zero-order chi connectivity index (χ0) is 18.2. The molecule has 0 saturated carbocycles. The third-order valence-electron chi connectivity index (χ3n) is 3.92. The molecule has 146 valence electrons. The van der Waals surface area contributed by atoms with Crippen LogP contribution in [0.25, 0.3) is 0 Å². The molecule has 0 aliphatic carbocycles. The summed E-state index contributed by atoms with van der Waals surface area (Å²) < 4.78 is 10.3. The van der Waals surface area contributed by atoms with Crippen LogP contribution in [0.15, 0.2) is 21.5 Å². The number of furan rings is 1. The fourth-order valence-electron chi connectivity index (χ4n) is 2.59. The summed E-state index contributed by atoms with van der Waals surface area (Å²) in [4.78, 5) is 28.6. The topological polar surface area (TPSA) is 122 Å². The minimum absolute atomic E-state index is 0. The molecule has 26 heavy (non-hydrogen) atoms. The van der Waals surface area contributed by atoms with Crippen molar-refractivity contribution in [2.75, 3.05) is 26.7 Å². The van der Waals surface area contributed by atoms with Crippen molar-refractivity contribution in [1.29, 1.82) is 0 Å². The van der Waals surface area contributed by atoms with Gasteiger partial charge in [-0.05, 0) is 31.9 Å². The monoisotopic (exact) mass is 479 g/mol. The largest absolute Gasteiger partial charge is 0.454 e. The van der Waals surface area contributed by atoms with Crippen molar-refractivity contribution < 1.29 is 18.7 Å². The Hall–Kier alpha value is -1.98. The summed E-state index contributed by atoms with van der Waals surface area (Å²) in [6, 6.07) is 3.45. The van der Waals surface area contributed by atoms with Gasteiger partial charge >= 0.3 is 6.09 Å². The Balaban J connectivity index is 0.00000338. The molecule has 2 heterocycles. The average molecular weight is 479 g/mol. The summed E-state index contributed by atoms with van der Waals surface area (Å²) in [6.45, 7) is 3.86. The molecular weight excluding hydrogens is 453 g/mol. The van der Waals surface area contributed by atoms with Crippen molar-refractivity contribution in [2.24, 2.45) is 10.7 Å². The molecule has 0 bridgehead atoms. The van der Waals surface area contributed by atoms with Crippen LogP contribution in [0.4, 0.5) is 4.79 Å². The predicted molar refractivity (Wildman–Crippen MR) is 108 cm³/mol. The standard InChI is InChI=1S/C16H25N5O4.HI/c1-3-24-16(23)21-8-6-11(7-9-21)20-15(18-2)19-10-12-4-5-13(25-12)14(17)22;/h4-5,11H,3,6-10H2,1-2H3,(H2,17,22)(H2,18,19,20);1H. The Morgan fingerprint density at radius 3 is 2.62 bits per heavy atom. The first-order chi connectivity index (χ1) is 12.0. The number of nitrogens with zero attached hydrogens (tertiary/aromatic N) is 2. The highest BCUT2D eigenvalue weighted by Crippen LogP contribution is 2.11. The Labute approximate surface area is 169 Å². The van der Waals surface area contributed by atoms with Crippen LogP contribution in [0.5, 0.6) is 0 Å². The van der Waals surface area contributed by atoms with Crippen molar-refractivity contribution in [3.05, 3.63) is 23.7 Å². The van der Waals surface area contributed by atoms with Gasteiger partial charge in [-0.25, -0.2) is 4.79 Å². The number of likely N-dealkylation sites (tertiary alicyclic amines) is 1. The minimum atomic E-state index is -0.595. The zero-order valence-electron chi connectivity index (χ0n) is 15.0. The molecule has 1 saturated heterocycles. The lowest BCUT2D eigenvalue weighted by atomic mass is 10.1. The van der Waals surface area contributed by atoms with Gasteiger partial charge < -0.3 is 30.4 Å². The summed E-state index contributed by atoms with van der Waals surface area (Å²) in [5.74, 6) is 0.758. The molecule has 10 heteroatoms. The number of carbonyl (C=O) groups is 2. The quantitative estimate of drug-likeness (QED) is 0.332. The first-order valence-corrected chi connectivity index (χ1v) is 8.30. The van der Waals surface area contributed by atoms with Gasteiger partial charge in [0.15, 0.2) is 11.7 Å². The van der Waals surface area contributed by atoms with Crippen molar-refractivity contribution in [3.8, 4) is 0 Å². The minimum Gasteiger partial charge on any atom is -0.454 e. The summed E-state index contributed by atoms with van der Waals surface area (Å²) >= 11 is 0. The molecule has 1 aromatic rings. The van der Waals surface area contributed by atoms with E-state index in [0.717, 1.165) is 12.8 Å². The fraction of sp³-hybridized carbons (Fsp3) is 0.562. The maximum Gasteiger partial charge on any atom is 0.409 e. The van der Waals surface area contributed by atoms with E-state index in [0.29, 0.717) is 38.0 Å². The average Bonchev–Trinajstić information content (AvgIpc) is 3.08. The van der Waals surface area contributed by atoms with Crippen molar-refractivity contribution in [2.45, 2.75) is 32.4 Å². The highest BCUT2D eigenvalue weighted by atomic mass is 127. The summed E-state index contributed by atoms with van der Waals surface area (Å²) in [7, 11) is 1.68. The van der Waals surface area contributed by atoms with Crippen LogP contribution in [0.1, 0.15) is 36.1 Å². The molecular formula is C16H26IN5O4. The number of nitrogens with two attached hydrogens (primary N) is 1. The van der Waals surface area contributed by atoms with Crippen molar-refractivity contribution >= 4 is 41.9 Å². The molecule has 0 aromatic carbocycles. The normalized spacial score (nSPS) is 15.2. The predicted octanol–water partition coefficient (Wildman–Crippen LogP) is 1.28. The van der Waals surface area contributed by atoms with E-state index >= 15 is 0 Å². The maximum absolute atomic E-state index is 11.7. The lowest BCUT2D eigenvalue weighted by Gasteiger charge is -2.32. The molecule has 0 spiro atoms. The summed E-state index contributed by atoms with van der Waals surface area (Å²) in [5, 5.41) is 6.45. The van der Waals surface area contributed by atoms with Crippen LogP contribution >= 0.6 is 24.0 Å². The third-order valence-corrected chi connectivity index (χ3v) is 3.92. The van der Waals surface area contributed by atoms with E-state index < -0.39 is 5.91 Å². The molecule has 0 atom stereocenters. The molecule has 1 aromatic heterocycles. The second kappa shape index (κ2) is 10.9. The van der Waals surface area contributed by atoms with E-state index in [1.54, 1.807) is 31.0 Å².